The molecule has 1 fully saturated rings. The van der Waals surface area contributed by atoms with Crippen LogP contribution in [0, 0.1) is 0 Å². The standard InChI is InChI=1S/C33H34N8O3S/c1-43-22-6-2-5-17-38-18-20-39(21-19-38)27-15-13-25(14-16-27)31-36-40-23-29(34-33(40)45-31)24-9-11-26(12-10-24)32(42)44-41-30-8-4-3-7-28(30)35-37-41/h3-4,7-16,23H,2,5-6,17-22H2,1H3. The average molecular weight is 623 g/mol. The lowest BCUT2D eigenvalue weighted by atomic mass is 10.1. The summed E-state index contributed by atoms with van der Waals surface area (Å²) in [6, 6.07) is 23.1. The fourth-order valence-electron chi connectivity index (χ4n) is 5.58. The minimum Gasteiger partial charge on any atom is -0.385 e. The van der Waals surface area contributed by atoms with E-state index in [1.165, 1.54) is 25.1 Å². The first-order valence-electron chi connectivity index (χ1n) is 15.2. The maximum absolute atomic E-state index is 12.7. The summed E-state index contributed by atoms with van der Waals surface area (Å²) in [6.45, 7) is 6.33. The van der Waals surface area contributed by atoms with Crippen LogP contribution >= 0.6 is 11.3 Å². The number of benzene rings is 3. The summed E-state index contributed by atoms with van der Waals surface area (Å²) in [5.74, 6) is -0.521. The number of rotatable bonds is 11. The van der Waals surface area contributed by atoms with Crippen LogP contribution in [0.5, 0.6) is 0 Å². The van der Waals surface area contributed by atoms with Gasteiger partial charge in [-0.25, -0.2) is 14.3 Å². The maximum atomic E-state index is 12.7. The van der Waals surface area contributed by atoms with Gasteiger partial charge in [0, 0.05) is 56.7 Å². The number of nitrogens with zero attached hydrogens (tertiary/aromatic N) is 8. The van der Waals surface area contributed by atoms with Gasteiger partial charge in [-0.05, 0) is 79.6 Å². The Morgan fingerprint density at radius 1 is 0.889 bits per heavy atom. The molecule has 0 radical (unpaired) electrons. The predicted molar refractivity (Wildman–Crippen MR) is 175 cm³/mol. The fraction of sp³-hybridized carbons (Fsp3) is 0.303. The van der Waals surface area contributed by atoms with Gasteiger partial charge in [-0.15, -0.1) is 5.10 Å². The van der Waals surface area contributed by atoms with E-state index < -0.39 is 5.97 Å². The summed E-state index contributed by atoms with van der Waals surface area (Å²) in [6.07, 6.45) is 5.53. The second-order valence-corrected chi connectivity index (χ2v) is 12.1. The Morgan fingerprint density at radius 2 is 1.67 bits per heavy atom. The Labute approximate surface area is 264 Å². The second-order valence-electron chi connectivity index (χ2n) is 11.1. The number of piperazine rings is 1. The van der Waals surface area contributed by atoms with Crippen molar-refractivity contribution in [3.63, 3.8) is 0 Å². The minimum absolute atomic E-state index is 0.402. The lowest BCUT2D eigenvalue weighted by Gasteiger charge is -2.36. The number of hydrogen-bond acceptors (Lipinski definition) is 10. The number of anilines is 1. The van der Waals surface area contributed by atoms with Gasteiger partial charge in [0.15, 0.2) is 0 Å². The molecule has 0 spiro atoms. The molecule has 45 heavy (non-hydrogen) atoms. The Balaban J connectivity index is 0.951. The number of hydrogen-bond donors (Lipinski definition) is 0. The Bertz CT molecular complexity index is 1860. The Morgan fingerprint density at radius 3 is 2.44 bits per heavy atom. The van der Waals surface area contributed by atoms with E-state index in [-0.39, 0.29) is 0 Å². The molecule has 0 bridgehead atoms. The van der Waals surface area contributed by atoms with Gasteiger partial charge in [0.05, 0.1) is 17.5 Å². The lowest BCUT2D eigenvalue weighted by molar-refractivity contribution is 0.0409. The topological polar surface area (TPSA) is 103 Å². The minimum atomic E-state index is -0.521. The van der Waals surface area contributed by atoms with Crippen molar-refractivity contribution in [3.05, 3.63) is 84.6 Å². The van der Waals surface area contributed by atoms with Crippen molar-refractivity contribution in [1.29, 1.82) is 0 Å². The number of unbranched alkanes of at least 4 members (excludes halogenated alkanes) is 2. The Hall–Kier alpha value is -4.65. The average Bonchev–Trinajstić information content (AvgIpc) is 3.79. The summed E-state index contributed by atoms with van der Waals surface area (Å²) >= 11 is 1.55. The van der Waals surface area contributed by atoms with Crippen molar-refractivity contribution in [2.24, 2.45) is 0 Å². The van der Waals surface area contributed by atoms with E-state index in [4.69, 9.17) is 19.7 Å². The molecule has 12 heteroatoms. The number of methoxy groups -OCH3 is 1. The third-order valence-electron chi connectivity index (χ3n) is 8.12. The molecule has 6 aromatic rings. The normalized spacial score (nSPS) is 14.0. The molecule has 3 aromatic carbocycles. The van der Waals surface area contributed by atoms with Crippen LogP contribution < -0.4 is 9.74 Å². The first-order valence-corrected chi connectivity index (χ1v) is 16.0. The first kappa shape index (κ1) is 29.1. The molecule has 0 saturated carbocycles. The van der Waals surface area contributed by atoms with Gasteiger partial charge in [0.2, 0.25) is 4.96 Å². The number of aromatic nitrogens is 6. The van der Waals surface area contributed by atoms with Crippen molar-refractivity contribution >= 4 is 39.0 Å². The van der Waals surface area contributed by atoms with Crippen LogP contribution in [-0.4, -0.2) is 87.1 Å². The quantitative estimate of drug-likeness (QED) is 0.145. The zero-order valence-corrected chi connectivity index (χ0v) is 25.9. The molecule has 3 aromatic heterocycles. The van der Waals surface area contributed by atoms with Crippen molar-refractivity contribution in [3.8, 4) is 21.8 Å². The molecule has 1 aliphatic heterocycles. The summed E-state index contributed by atoms with van der Waals surface area (Å²) < 4.78 is 6.97. The van der Waals surface area contributed by atoms with E-state index in [1.54, 1.807) is 36.6 Å². The van der Waals surface area contributed by atoms with E-state index in [1.807, 2.05) is 41.0 Å². The summed E-state index contributed by atoms with van der Waals surface area (Å²) in [5.41, 5.74) is 5.67. The monoisotopic (exact) mass is 622 g/mol. The lowest BCUT2D eigenvalue weighted by Crippen LogP contribution is -2.46. The zero-order chi connectivity index (χ0) is 30.6. The van der Waals surface area contributed by atoms with Gasteiger partial charge >= 0.3 is 5.97 Å². The van der Waals surface area contributed by atoms with Gasteiger partial charge in [-0.1, -0.05) is 40.4 Å². The van der Waals surface area contributed by atoms with E-state index in [0.29, 0.717) is 16.6 Å². The largest absolute Gasteiger partial charge is 0.385 e. The third-order valence-corrected chi connectivity index (χ3v) is 9.10. The van der Waals surface area contributed by atoms with Crippen LogP contribution in [-0.2, 0) is 4.74 Å². The number of ether oxygens (including phenoxy) is 1. The van der Waals surface area contributed by atoms with Crippen molar-refractivity contribution in [2.75, 3.05) is 51.3 Å². The van der Waals surface area contributed by atoms with Crippen LogP contribution in [0.2, 0.25) is 0 Å². The molecule has 7 rings (SSSR count). The third kappa shape index (κ3) is 6.44. The number of fused-ring (bicyclic) bond motifs is 2. The summed E-state index contributed by atoms with van der Waals surface area (Å²) in [7, 11) is 1.77. The van der Waals surface area contributed by atoms with Gasteiger partial charge in [0.1, 0.15) is 16.0 Å². The van der Waals surface area contributed by atoms with E-state index in [0.717, 1.165) is 70.8 Å². The van der Waals surface area contributed by atoms with Crippen molar-refractivity contribution < 1.29 is 14.4 Å². The van der Waals surface area contributed by atoms with Crippen LogP contribution in [0.15, 0.2) is 79.0 Å². The van der Waals surface area contributed by atoms with Gasteiger partial charge in [0.25, 0.3) is 0 Å². The van der Waals surface area contributed by atoms with Crippen LogP contribution in [0.25, 0.3) is 37.8 Å². The molecule has 1 saturated heterocycles. The zero-order valence-electron chi connectivity index (χ0n) is 25.1. The van der Waals surface area contributed by atoms with Gasteiger partial charge < -0.3 is 14.5 Å². The van der Waals surface area contributed by atoms with Gasteiger partial charge in [-0.3, -0.25) is 4.90 Å². The highest BCUT2D eigenvalue weighted by molar-refractivity contribution is 7.19. The molecular formula is C33H34N8O3S. The molecule has 0 N–H and O–H groups in total. The molecule has 1 aliphatic rings. The van der Waals surface area contributed by atoms with E-state index in [9.17, 15) is 4.79 Å². The van der Waals surface area contributed by atoms with Crippen LogP contribution in [0.3, 0.4) is 0 Å². The summed E-state index contributed by atoms with van der Waals surface area (Å²) in [5, 5.41) is 13.6. The molecular weight excluding hydrogens is 588 g/mol. The number of carbonyl (C=O) groups excluding carboxylic acids is 1. The second kappa shape index (κ2) is 13.1. The van der Waals surface area contributed by atoms with E-state index >= 15 is 0 Å². The molecule has 11 nitrogen and oxygen atoms in total. The van der Waals surface area contributed by atoms with E-state index in [2.05, 4.69) is 44.4 Å². The molecule has 0 amide bonds. The van der Waals surface area contributed by atoms with Crippen molar-refractivity contribution in [2.45, 2.75) is 19.3 Å². The number of para-hydroxylation sites is 1. The SMILES string of the molecule is COCCCCCN1CCN(c2ccc(-c3nn4cc(-c5ccc(C(=O)On6nnc7ccccc76)cc5)nc4s3)cc2)CC1. The highest BCUT2D eigenvalue weighted by atomic mass is 32.1. The van der Waals surface area contributed by atoms with Crippen LogP contribution in [0.1, 0.15) is 29.6 Å². The first-order chi connectivity index (χ1) is 22.1. The highest BCUT2D eigenvalue weighted by Crippen LogP contribution is 2.30. The molecule has 230 valence electrons. The predicted octanol–water partition coefficient (Wildman–Crippen LogP) is 5.08. The number of imidazole rings is 1. The smallest absolute Gasteiger partial charge is 0.365 e. The number of carbonyl (C=O) groups is 1. The van der Waals surface area contributed by atoms with Crippen molar-refractivity contribution in [1.82, 2.24) is 34.7 Å². The van der Waals surface area contributed by atoms with Crippen LogP contribution in [0.4, 0.5) is 5.69 Å². The molecule has 0 unspecified atom stereocenters. The van der Waals surface area contributed by atoms with Gasteiger partial charge in [-0.2, -0.15) is 5.10 Å². The molecule has 0 aliphatic carbocycles. The Kier molecular flexibility index (Phi) is 8.50. The molecule has 4 heterocycles. The summed E-state index contributed by atoms with van der Waals surface area (Å²) in [4.78, 5) is 29.9. The highest BCUT2D eigenvalue weighted by Gasteiger charge is 2.18. The fourth-order valence-corrected chi connectivity index (χ4v) is 6.47. The molecule has 0 atom stereocenters. The maximum Gasteiger partial charge on any atom is 0.365 e.